The van der Waals surface area contributed by atoms with E-state index in [-0.39, 0.29) is 0 Å². The average molecular weight is 436 g/mol. The fourth-order valence-corrected chi connectivity index (χ4v) is 4.63. The average Bonchev–Trinajstić information content (AvgIpc) is 3.05. The Morgan fingerprint density at radius 1 is 1.10 bits per heavy atom. The molecule has 9 heteroatoms. The molecule has 2 aliphatic rings. The summed E-state index contributed by atoms with van der Waals surface area (Å²) in [5.74, 6) is 1.24. The predicted molar refractivity (Wildman–Crippen MR) is 124 cm³/mol. The van der Waals surface area contributed by atoms with Crippen LogP contribution in [0.1, 0.15) is 38.3 Å². The molecular weight excluding hydrogens is 398 g/mol. The van der Waals surface area contributed by atoms with Crippen LogP contribution < -0.4 is 10.2 Å². The molecular formula is C21H37N7OS. The Kier molecular flexibility index (Phi) is 8.74. The number of likely N-dealkylation sites (tertiary alicyclic amines) is 1. The number of amides is 1. The Morgan fingerprint density at radius 2 is 1.80 bits per heavy atom. The number of carbonyl (C=O) groups excluding carboxylic acids is 1. The first kappa shape index (κ1) is 22.8. The molecule has 0 aromatic carbocycles. The second kappa shape index (κ2) is 11.5. The zero-order valence-electron chi connectivity index (χ0n) is 18.8. The Hall–Kier alpha value is -1.87. The third-order valence-corrected chi connectivity index (χ3v) is 6.69. The standard InChI is InChI=1S/C21H37N7OS/c1-4-22-20(23-15-18-17-30-21(24-18)25(2)3)28-13-11-26(12-14-28)16-19(29)27-9-7-5-6-8-10-27/h17H,4-16H2,1-3H3,(H,22,23). The van der Waals surface area contributed by atoms with E-state index < -0.39 is 0 Å². The van der Waals surface area contributed by atoms with E-state index >= 15 is 0 Å². The number of carbonyl (C=O) groups is 1. The molecule has 0 radical (unpaired) electrons. The fourth-order valence-electron chi connectivity index (χ4n) is 3.89. The fraction of sp³-hybridized carbons (Fsp3) is 0.762. The number of nitrogens with zero attached hydrogens (tertiary/aromatic N) is 6. The Bertz CT molecular complexity index is 689. The maximum absolute atomic E-state index is 12.7. The van der Waals surface area contributed by atoms with E-state index in [1.54, 1.807) is 11.3 Å². The van der Waals surface area contributed by atoms with Crippen LogP contribution in [-0.4, -0.2) is 98.0 Å². The van der Waals surface area contributed by atoms with Crippen LogP contribution >= 0.6 is 11.3 Å². The number of aromatic nitrogens is 1. The minimum Gasteiger partial charge on any atom is -0.357 e. The quantitative estimate of drug-likeness (QED) is 0.542. The van der Waals surface area contributed by atoms with Crippen LogP contribution in [0.4, 0.5) is 5.13 Å². The van der Waals surface area contributed by atoms with Gasteiger partial charge in [-0.3, -0.25) is 9.69 Å². The van der Waals surface area contributed by atoms with Crippen molar-refractivity contribution in [2.75, 3.05) is 71.4 Å². The second-order valence-corrected chi connectivity index (χ2v) is 9.08. The van der Waals surface area contributed by atoms with Crippen molar-refractivity contribution in [3.63, 3.8) is 0 Å². The maximum Gasteiger partial charge on any atom is 0.236 e. The van der Waals surface area contributed by atoms with E-state index in [9.17, 15) is 4.79 Å². The number of piperazine rings is 1. The van der Waals surface area contributed by atoms with Gasteiger partial charge in [0.05, 0.1) is 18.8 Å². The lowest BCUT2D eigenvalue weighted by molar-refractivity contribution is -0.132. The van der Waals surface area contributed by atoms with Crippen molar-refractivity contribution < 1.29 is 4.79 Å². The van der Waals surface area contributed by atoms with Gasteiger partial charge >= 0.3 is 0 Å². The van der Waals surface area contributed by atoms with Gasteiger partial charge in [0, 0.05) is 65.3 Å². The van der Waals surface area contributed by atoms with Gasteiger partial charge in [-0.25, -0.2) is 9.98 Å². The van der Waals surface area contributed by atoms with E-state index in [0.717, 1.165) is 75.4 Å². The summed E-state index contributed by atoms with van der Waals surface area (Å²) in [6.07, 6.45) is 4.81. The number of hydrogen-bond donors (Lipinski definition) is 1. The second-order valence-electron chi connectivity index (χ2n) is 8.24. The molecule has 0 bridgehead atoms. The zero-order chi connectivity index (χ0) is 21.3. The molecule has 0 unspecified atom stereocenters. The molecule has 1 N–H and O–H groups in total. The Balaban J connectivity index is 1.49. The number of nitrogens with one attached hydrogen (secondary N) is 1. The first-order valence-electron chi connectivity index (χ1n) is 11.2. The number of guanidine groups is 1. The molecule has 1 aromatic heterocycles. The minimum atomic E-state index is 0.297. The van der Waals surface area contributed by atoms with Crippen LogP contribution in [0.15, 0.2) is 10.4 Å². The van der Waals surface area contributed by atoms with E-state index in [1.165, 1.54) is 12.8 Å². The van der Waals surface area contributed by atoms with Gasteiger partial charge in [-0.2, -0.15) is 0 Å². The summed E-state index contributed by atoms with van der Waals surface area (Å²) in [4.78, 5) is 30.8. The molecule has 8 nitrogen and oxygen atoms in total. The predicted octanol–water partition coefficient (Wildman–Crippen LogP) is 1.69. The van der Waals surface area contributed by atoms with E-state index in [4.69, 9.17) is 4.99 Å². The highest BCUT2D eigenvalue weighted by Gasteiger charge is 2.23. The van der Waals surface area contributed by atoms with Gasteiger partial charge in [0.25, 0.3) is 0 Å². The lowest BCUT2D eigenvalue weighted by Gasteiger charge is -2.37. The van der Waals surface area contributed by atoms with Crippen molar-refractivity contribution in [2.45, 2.75) is 39.2 Å². The van der Waals surface area contributed by atoms with Crippen molar-refractivity contribution in [3.05, 3.63) is 11.1 Å². The van der Waals surface area contributed by atoms with E-state index in [0.29, 0.717) is 19.0 Å². The summed E-state index contributed by atoms with van der Waals surface area (Å²) in [6, 6.07) is 0. The summed E-state index contributed by atoms with van der Waals surface area (Å²) >= 11 is 1.65. The van der Waals surface area contributed by atoms with Crippen molar-refractivity contribution in [3.8, 4) is 0 Å². The smallest absolute Gasteiger partial charge is 0.236 e. The van der Waals surface area contributed by atoms with Crippen LogP contribution in [0.2, 0.25) is 0 Å². The molecule has 1 aromatic rings. The highest BCUT2D eigenvalue weighted by molar-refractivity contribution is 7.13. The number of hydrogen-bond acceptors (Lipinski definition) is 6. The molecule has 0 spiro atoms. The van der Waals surface area contributed by atoms with Crippen molar-refractivity contribution >= 4 is 28.3 Å². The zero-order valence-corrected chi connectivity index (χ0v) is 19.6. The summed E-state index contributed by atoms with van der Waals surface area (Å²) < 4.78 is 0. The Labute approximate surface area is 184 Å². The topological polar surface area (TPSA) is 67.3 Å². The molecule has 2 aliphatic heterocycles. The SMILES string of the molecule is CCNC(=NCc1csc(N(C)C)n1)N1CCN(CC(=O)N2CCCCCC2)CC1. The summed E-state index contributed by atoms with van der Waals surface area (Å²) in [6.45, 7) is 9.50. The van der Waals surface area contributed by atoms with Crippen LogP contribution in [0.3, 0.4) is 0 Å². The number of aliphatic imine (C=N–C) groups is 1. The molecule has 30 heavy (non-hydrogen) atoms. The molecule has 2 fully saturated rings. The summed E-state index contributed by atoms with van der Waals surface area (Å²) in [5, 5.41) is 6.50. The molecule has 0 aliphatic carbocycles. The molecule has 3 heterocycles. The molecule has 1 amide bonds. The third-order valence-electron chi connectivity index (χ3n) is 5.64. The molecule has 2 saturated heterocycles. The van der Waals surface area contributed by atoms with Crippen molar-refractivity contribution in [2.24, 2.45) is 4.99 Å². The largest absolute Gasteiger partial charge is 0.357 e. The summed E-state index contributed by atoms with van der Waals surface area (Å²) in [7, 11) is 4.01. The normalized spacial score (nSPS) is 19.0. The van der Waals surface area contributed by atoms with Gasteiger partial charge in [0.2, 0.25) is 5.91 Å². The first-order valence-corrected chi connectivity index (χ1v) is 12.1. The number of anilines is 1. The van der Waals surface area contributed by atoms with Crippen LogP contribution in [-0.2, 0) is 11.3 Å². The van der Waals surface area contributed by atoms with Gasteiger partial charge in [0.1, 0.15) is 0 Å². The molecule has 0 atom stereocenters. The van der Waals surface area contributed by atoms with Crippen LogP contribution in [0, 0.1) is 0 Å². The highest BCUT2D eigenvalue weighted by Crippen LogP contribution is 2.18. The number of rotatable bonds is 6. The van der Waals surface area contributed by atoms with Gasteiger partial charge in [0.15, 0.2) is 11.1 Å². The van der Waals surface area contributed by atoms with Gasteiger partial charge < -0.3 is 20.0 Å². The number of thiazole rings is 1. The molecule has 3 rings (SSSR count). The Morgan fingerprint density at radius 3 is 2.40 bits per heavy atom. The molecule has 0 saturated carbocycles. The summed E-state index contributed by atoms with van der Waals surface area (Å²) in [5.41, 5.74) is 1.00. The molecule has 168 valence electrons. The van der Waals surface area contributed by atoms with Crippen LogP contribution in [0.5, 0.6) is 0 Å². The lowest BCUT2D eigenvalue weighted by Crippen LogP contribution is -2.54. The third kappa shape index (κ3) is 6.57. The van der Waals surface area contributed by atoms with Crippen molar-refractivity contribution in [1.82, 2.24) is 25.0 Å². The lowest BCUT2D eigenvalue weighted by atomic mass is 10.2. The van der Waals surface area contributed by atoms with Gasteiger partial charge in [-0.05, 0) is 19.8 Å². The maximum atomic E-state index is 12.7. The minimum absolute atomic E-state index is 0.297. The van der Waals surface area contributed by atoms with E-state index in [1.807, 2.05) is 19.0 Å². The highest BCUT2D eigenvalue weighted by atomic mass is 32.1. The van der Waals surface area contributed by atoms with Gasteiger partial charge in [-0.15, -0.1) is 11.3 Å². The monoisotopic (exact) mass is 435 g/mol. The first-order chi connectivity index (χ1) is 14.6. The van der Waals surface area contributed by atoms with Gasteiger partial charge in [-0.1, -0.05) is 12.8 Å². The van der Waals surface area contributed by atoms with Crippen LogP contribution in [0.25, 0.3) is 0 Å². The van der Waals surface area contributed by atoms with Crippen molar-refractivity contribution in [1.29, 1.82) is 0 Å². The van der Waals surface area contributed by atoms with E-state index in [2.05, 4.69) is 37.3 Å².